The molecule has 0 N–H and O–H groups in total. The van der Waals surface area contributed by atoms with Gasteiger partial charge in [0.1, 0.15) is 42.2 Å². The zero-order chi connectivity index (χ0) is 43.0. The van der Waals surface area contributed by atoms with Gasteiger partial charge in [0.15, 0.2) is 0 Å². The van der Waals surface area contributed by atoms with Crippen LogP contribution in [0.5, 0.6) is 11.5 Å². The van der Waals surface area contributed by atoms with E-state index in [0.717, 1.165) is 16.7 Å². The maximum absolute atomic E-state index is 14.4. The van der Waals surface area contributed by atoms with Gasteiger partial charge in [0, 0.05) is 0 Å². The van der Waals surface area contributed by atoms with Gasteiger partial charge in [0.05, 0.1) is 41.7 Å². The third-order valence-electron chi connectivity index (χ3n) is 9.95. The van der Waals surface area contributed by atoms with Crippen LogP contribution in [0, 0.1) is 12.3 Å². The minimum atomic E-state index is -3.90. The summed E-state index contributed by atoms with van der Waals surface area (Å²) in [5.74, 6) is 0.916. The largest absolute Gasteiger partial charge is 0.489 e. The monoisotopic (exact) mass is 860 g/mol. The molecular weight excluding hydrogens is 809 g/mol. The van der Waals surface area contributed by atoms with E-state index in [4.69, 9.17) is 18.9 Å². The first kappa shape index (κ1) is 43.4. The Morgan fingerprint density at radius 2 is 1.03 bits per heavy atom. The molecule has 2 aliphatic heterocycles. The van der Waals surface area contributed by atoms with E-state index in [2.05, 4.69) is 0 Å². The van der Waals surface area contributed by atoms with Crippen molar-refractivity contribution in [3.8, 4) is 11.5 Å². The lowest BCUT2D eigenvalue weighted by atomic mass is 9.87. The number of ether oxygens (including phenoxy) is 4. The van der Waals surface area contributed by atoms with Gasteiger partial charge in [0.25, 0.3) is 0 Å². The van der Waals surface area contributed by atoms with E-state index in [0.29, 0.717) is 60.7 Å². The lowest BCUT2D eigenvalue weighted by Gasteiger charge is -2.36. The third-order valence-corrected chi connectivity index (χ3v) is 14.1. The summed E-state index contributed by atoms with van der Waals surface area (Å²) >= 11 is 0. The van der Waals surface area contributed by atoms with E-state index in [-0.39, 0.29) is 18.0 Å². The first-order valence-electron chi connectivity index (χ1n) is 20.3. The first-order chi connectivity index (χ1) is 29.3. The minimum Gasteiger partial charge on any atom is -0.489 e. The van der Waals surface area contributed by atoms with Crippen LogP contribution in [0.2, 0.25) is 0 Å². The molecule has 3 unspecified atom stereocenters. The Bertz CT molecular complexity index is 2580. The molecule has 0 aliphatic carbocycles. The molecule has 2 saturated heterocycles. The van der Waals surface area contributed by atoms with Crippen LogP contribution in [0.4, 0.5) is 22.7 Å². The van der Waals surface area contributed by atoms with Crippen molar-refractivity contribution in [3.05, 3.63) is 180 Å². The van der Waals surface area contributed by atoms with Gasteiger partial charge in [-0.2, -0.15) is 0 Å². The Labute approximate surface area is 360 Å². The summed E-state index contributed by atoms with van der Waals surface area (Å²) in [6.07, 6.45) is 0.147. The van der Waals surface area contributed by atoms with E-state index in [1.165, 1.54) is 8.61 Å². The highest BCUT2D eigenvalue weighted by molar-refractivity contribution is 7.93. The normalized spacial score (nSPS) is 16.3. The van der Waals surface area contributed by atoms with E-state index in [1.807, 2.05) is 155 Å². The molecule has 0 saturated carbocycles. The number of nitrogens with zero attached hydrogens (tertiary/aromatic N) is 2. The van der Waals surface area contributed by atoms with Gasteiger partial charge in [-0.3, -0.25) is 0 Å². The number of hydrogen-bond donors (Lipinski definition) is 0. The molecule has 2 fully saturated rings. The van der Waals surface area contributed by atoms with Gasteiger partial charge >= 0.3 is 0 Å². The van der Waals surface area contributed by atoms with E-state index < -0.39 is 30.7 Å². The van der Waals surface area contributed by atoms with Gasteiger partial charge in [-0.15, -0.1) is 0 Å². The van der Waals surface area contributed by atoms with Crippen molar-refractivity contribution < 1.29 is 35.8 Å². The van der Waals surface area contributed by atoms with Gasteiger partial charge in [-0.1, -0.05) is 142 Å². The summed E-state index contributed by atoms with van der Waals surface area (Å²) in [7, 11) is -7.63. The summed E-state index contributed by atoms with van der Waals surface area (Å²) in [5.41, 5.74) is 4.09. The molecule has 8 rings (SSSR count). The third kappa shape index (κ3) is 11.2. The molecular formula is C49H52N2O8S2. The predicted octanol–water partition coefficient (Wildman–Crippen LogP) is 10.2. The van der Waals surface area contributed by atoms with Crippen LogP contribution >= 0.6 is 0 Å². The fourth-order valence-electron chi connectivity index (χ4n) is 7.12. The smallest absolute Gasteiger partial charge is 0.247 e. The number of aryl methyl sites for hydroxylation is 1. The van der Waals surface area contributed by atoms with Crippen LogP contribution < -0.4 is 18.1 Å². The summed E-state index contributed by atoms with van der Waals surface area (Å²) in [6.45, 7) is 9.96. The summed E-state index contributed by atoms with van der Waals surface area (Å²) in [4.78, 5) is 0. The number of rotatable bonds is 16. The van der Waals surface area contributed by atoms with Crippen molar-refractivity contribution in [2.45, 2.75) is 50.9 Å². The van der Waals surface area contributed by atoms with Crippen molar-refractivity contribution in [1.82, 2.24) is 0 Å². The van der Waals surface area contributed by atoms with Crippen LogP contribution in [-0.2, 0) is 35.3 Å². The molecule has 0 spiro atoms. The quantitative estimate of drug-likeness (QED) is 0.0883. The number of hydrogen-bond acceptors (Lipinski definition) is 8. The molecule has 318 valence electrons. The zero-order valence-corrected chi connectivity index (χ0v) is 36.5. The second-order valence-electron chi connectivity index (χ2n) is 16.1. The molecule has 2 aliphatic rings. The summed E-state index contributed by atoms with van der Waals surface area (Å²) in [5, 5.41) is -0.767. The van der Waals surface area contributed by atoms with Crippen molar-refractivity contribution in [2.24, 2.45) is 5.41 Å². The van der Waals surface area contributed by atoms with Gasteiger partial charge in [-0.25, -0.2) is 25.4 Å². The molecule has 3 atom stereocenters. The van der Waals surface area contributed by atoms with Crippen molar-refractivity contribution in [2.75, 3.05) is 35.0 Å². The maximum atomic E-state index is 14.4. The zero-order valence-electron chi connectivity index (χ0n) is 34.8. The average molecular weight is 861 g/mol. The van der Waals surface area contributed by atoms with E-state index in [9.17, 15) is 16.8 Å². The molecule has 0 radical (unpaired) electrons. The number of sulfonamides is 2. The van der Waals surface area contributed by atoms with Crippen molar-refractivity contribution in [3.63, 3.8) is 0 Å². The lowest BCUT2D eigenvalue weighted by Crippen LogP contribution is -2.37. The number of epoxide rings is 2. The minimum absolute atomic E-state index is 0.0662. The van der Waals surface area contributed by atoms with Gasteiger partial charge < -0.3 is 18.9 Å². The fraction of sp³-hybridized carbons (Fsp3) is 0.265. The van der Waals surface area contributed by atoms with Crippen LogP contribution in [0.25, 0.3) is 0 Å². The van der Waals surface area contributed by atoms with Crippen LogP contribution in [0.3, 0.4) is 0 Å². The molecule has 2 heterocycles. The average Bonchev–Trinajstić information content (AvgIpc) is 4.18. The highest BCUT2D eigenvalue weighted by atomic mass is 32.2. The van der Waals surface area contributed by atoms with Gasteiger partial charge in [-0.05, 0) is 72.0 Å². The van der Waals surface area contributed by atoms with Crippen LogP contribution in [0.1, 0.15) is 42.7 Å². The molecule has 0 aromatic heterocycles. The summed E-state index contributed by atoms with van der Waals surface area (Å²) < 4.78 is 81.2. The second kappa shape index (κ2) is 18.9. The topological polar surface area (TPSA) is 118 Å². The van der Waals surface area contributed by atoms with Crippen molar-refractivity contribution >= 4 is 42.8 Å². The standard InChI is InChI=1S/C26H29NO4S.C23H23NO4S/c1-26(2,3)25(20-12-6-4-7-13-20)32(28,29)27(21-14-8-5-9-15-21)23-16-10-11-17-24(23)31-19-22-18-30-22;1-18-8-7-9-19(14-18)17-29(25,26)24(20-10-3-2-4-11-20)22-12-5-6-13-23(22)28-16-21-15-27-21/h4-17,22,25H,18-19H2,1-3H3;2-14,21H,15-17H2,1H3. The Hall–Kier alpha value is -5.66. The van der Waals surface area contributed by atoms with E-state index >= 15 is 0 Å². The predicted molar refractivity (Wildman–Crippen MR) is 242 cm³/mol. The molecule has 0 amide bonds. The van der Waals surface area contributed by atoms with Crippen LogP contribution in [-0.4, -0.2) is 55.5 Å². The van der Waals surface area contributed by atoms with Crippen molar-refractivity contribution in [1.29, 1.82) is 0 Å². The van der Waals surface area contributed by atoms with Crippen LogP contribution in [0.15, 0.2) is 164 Å². The summed E-state index contributed by atoms with van der Waals surface area (Å²) in [6, 6.07) is 49.7. The Morgan fingerprint density at radius 1 is 0.590 bits per heavy atom. The van der Waals surface area contributed by atoms with Gasteiger partial charge in [0.2, 0.25) is 20.0 Å². The lowest BCUT2D eigenvalue weighted by molar-refractivity contribution is 0.264. The first-order valence-corrected chi connectivity index (χ1v) is 23.4. The maximum Gasteiger partial charge on any atom is 0.247 e. The molecule has 0 bridgehead atoms. The molecule has 6 aromatic rings. The number of para-hydroxylation sites is 6. The fourth-order valence-corrected chi connectivity index (χ4v) is 11.2. The van der Waals surface area contributed by atoms with E-state index in [1.54, 1.807) is 36.4 Å². The highest BCUT2D eigenvalue weighted by Gasteiger charge is 2.43. The second-order valence-corrected chi connectivity index (χ2v) is 19.8. The molecule has 61 heavy (non-hydrogen) atoms. The number of anilines is 4. The SMILES string of the molecule is CC(C)(C)C(c1ccccc1)S(=O)(=O)N(c1ccccc1)c1ccccc1OCC1CO1.Cc1cccc(CS(=O)(=O)N(c2ccccc2)c2ccccc2OCC2CO2)c1. The Balaban J connectivity index is 0.000000185. The number of benzene rings is 6. The molecule has 12 heteroatoms. The molecule has 6 aromatic carbocycles. The molecule has 10 nitrogen and oxygen atoms in total. The Kier molecular flexibility index (Phi) is 13.5. The Morgan fingerprint density at radius 3 is 1.51 bits per heavy atom. The highest BCUT2D eigenvalue weighted by Crippen LogP contribution is 2.47.